The van der Waals surface area contributed by atoms with Crippen molar-refractivity contribution in [2.45, 2.75) is 13.8 Å². The van der Waals surface area contributed by atoms with Gasteiger partial charge in [-0.05, 0) is 59.6 Å². The summed E-state index contributed by atoms with van der Waals surface area (Å²) >= 11 is 3.35. The molecule has 0 atom stereocenters. The SMILES string of the molecule is Cc1ccc(N(C)C(=O)c2ccc(N)c(Br)c2)c(C)c1. The summed E-state index contributed by atoms with van der Waals surface area (Å²) in [6.07, 6.45) is 0. The first-order valence-corrected chi connectivity index (χ1v) is 7.10. The van der Waals surface area contributed by atoms with E-state index in [9.17, 15) is 4.79 Å². The van der Waals surface area contributed by atoms with Gasteiger partial charge in [-0.15, -0.1) is 0 Å². The molecule has 0 heterocycles. The predicted octanol–water partition coefficient (Wildman–Crippen LogP) is 3.92. The number of carbonyl (C=O) groups is 1. The molecule has 0 aliphatic rings. The molecule has 20 heavy (non-hydrogen) atoms. The van der Waals surface area contributed by atoms with Crippen LogP contribution in [0, 0.1) is 13.8 Å². The fourth-order valence-electron chi connectivity index (χ4n) is 2.14. The van der Waals surface area contributed by atoms with Gasteiger partial charge in [0.2, 0.25) is 0 Å². The maximum Gasteiger partial charge on any atom is 0.258 e. The molecule has 2 aromatic rings. The first-order valence-electron chi connectivity index (χ1n) is 6.30. The van der Waals surface area contributed by atoms with E-state index in [2.05, 4.69) is 22.0 Å². The summed E-state index contributed by atoms with van der Waals surface area (Å²) in [4.78, 5) is 14.2. The van der Waals surface area contributed by atoms with Crippen LogP contribution in [-0.4, -0.2) is 13.0 Å². The molecule has 0 fully saturated rings. The Labute approximate surface area is 127 Å². The molecule has 0 bridgehead atoms. The highest BCUT2D eigenvalue weighted by atomic mass is 79.9. The Morgan fingerprint density at radius 1 is 1.15 bits per heavy atom. The summed E-state index contributed by atoms with van der Waals surface area (Å²) in [5.41, 5.74) is 10.1. The third-order valence-corrected chi connectivity index (χ3v) is 3.95. The van der Waals surface area contributed by atoms with Crippen LogP contribution < -0.4 is 10.6 Å². The van der Waals surface area contributed by atoms with Gasteiger partial charge in [0.05, 0.1) is 0 Å². The number of anilines is 2. The number of nitrogen functional groups attached to an aromatic ring is 1. The number of benzene rings is 2. The molecule has 0 saturated heterocycles. The quantitative estimate of drug-likeness (QED) is 0.847. The zero-order chi connectivity index (χ0) is 14.9. The van der Waals surface area contributed by atoms with Crippen molar-refractivity contribution in [2.24, 2.45) is 0 Å². The number of hydrogen-bond acceptors (Lipinski definition) is 2. The topological polar surface area (TPSA) is 46.3 Å². The number of carbonyl (C=O) groups excluding carboxylic acids is 1. The summed E-state index contributed by atoms with van der Waals surface area (Å²) in [7, 11) is 1.78. The summed E-state index contributed by atoms with van der Waals surface area (Å²) in [6, 6.07) is 11.3. The van der Waals surface area contributed by atoms with Crippen molar-refractivity contribution in [1.82, 2.24) is 0 Å². The van der Waals surface area contributed by atoms with Gasteiger partial charge in [-0.3, -0.25) is 4.79 Å². The van der Waals surface area contributed by atoms with Gasteiger partial charge in [-0.2, -0.15) is 0 Å². The number of halogens is 1. The molecule has 0 unspecified atom stereocenters. The number of rotatable bonds is 2. The van der Waals surface area contributed by atoms with Gasteiger partial charge in [-0.1, -0.05) is 17.7 Å². The van der Waals surface area contributed by atoms with Crippen molar-refractivity contribution in [1.29, 1.82) is 0 Å². The average molecular weight is 333 g/mol. The smallest absolute Gasteiger partial charge is 0.258 e. The molecule has 0 aliphatic heterocycles. The fraction of sp³-hybridized carbons (Fsp3) is 0.188. The van der Waals surface area contributed by atoms with Gasteiger partial charge in [-0.25, -0.2) is 0 Å². The second-order valence-electron chi connectivity index (χ2n) is 4.89. The Kier molecular flexibility index (Phi) is 4.14. The number of hydrogen-bond donors (Lipinski definition) is 1. The first kappa shape index (κ1) is 14.6. The lowest BCUT2D eigenvalue weighted by Gasteiger charge is -2.20. The number of nitrogens with zero attached hydrogens (tertiary/aromatic N) is 1. The van der Waals surface area contributed by atoms with Crippen molar-refractivity contribution in [2.75, 3.05) is 17.7 Å². The van der Waals surface area contributed by atoms with Crippen molar-refractivity contribution in [3.63, 3.8) is 0 Å². The zero-order valence-electron chi connectivity index (χ0n) is 11.8. The number of aryl methyl sites for hydroxylation is 2. The minimum absolute atomic E-state index is 0.0577. The van der Waals surface area contributed by atoms with E-state index >= 15 is 0 Å². The molecule has 3 nitrogen and oxygen atoms in total. The Hall–Kier alpha value is -1.81. The van der Waals surface area contributed by atoms with Crippen LogP contribution in [0.3, 0.4) is 0 Å². The van der Waals surface area contributed by atoms with Gasteiger partial charge < -0.3 is 10.6 Å². The lowest BCUT2D eigenvalue weighted by molar-refractivity contribution is 0.0993. The molecular formula is C16H17BrN2O. The van der Waals surface area contributed by atoms with Crippen LogP contribution in [0.15, 0.2) is 40.9 Å². The Balaban J connectivity index is 2.34. The van der Waals surface area contributed by atoms with E-state index in [0.29, 0.717) is 11.3 Å². The van der Waals surface area contributed by atoms with Crippen molar-refractivity contribution >= 4 is 33.2 Å². The standard InChI is InChI=1S/C16H17BrN2O/c1-10-4-7-15(11(2)8-10)19(3)16(20)12-5-6-14(18)13(17)9-12/h4-9H,18H2,1-3H3. The summed E-state index contributed by atoms with van der Waals surface area (Å²) in [6.45, 7) is 4.04. The molecule has 2 aromatic carbocycles. The third-order valence-electron chi connectivity index (χ3n) is 3.27. The van der Waals surface area contributed by atoms with Crippen LogP contribution in [0.4, 0.5) is 11.4 Å². The zero-order valence-corrected chi connectivity index (χ0v) is 13.4. The second-order valence-corrected chi connectivity index (χ2v) is 5.74. The summed E-state index contributed by atoms with van der Waals surface area (Å²) < 4.78 is 0.734. The van der Waals surface area contributed by atoms with Crippen LogP contribution in [0.25, 0.3) is 0 Å². The maximum atomic E-state index is 12.5. The van der Waals surface area contributed by atoms with Crippen LogP contribution in [0.1, 0.15) is 21.5 Å². The molecule has 104 valence electrons. The van der Waals surface area contributed by atoms with E-state index in [4.69, 9.17) is 5.73 Å². The lowest BCUT2D eigenvalue weighted by Crippen LogP contribution is -2.27. The predicted molar refractivity (Wildman–Crippen MR) is 87.2 cm³/mol. The van der Waals surface area contributed by atoms with Crippen LogP contribution >= 0.6 is 15.9 Å². The first-order chi connectivity index (χ1) is 9.40. The molecular weight excluding hydrogens is 316 g/mol. The fourth-order valence-corrected chi connectivity index (χ4v) is 2.52. The van der Waals surface area contributed by atoms with Crippen LogP contribution in [0.2, 0.25) is 0 Å². The highest BCUT2D eigenvalue weighted by Gasteiger charge is 2.15. The Morgan fingerprint density at radius 3 is 2.45 bits per heavy atom. The van der Waals surface area contributed by atoms with Crippen molar-refractivity contribution in [3.8, 4) is 0 Å². The second kappa shape index (κ2) is 5.67. The van der Waals surface area contributed by atoms with Gasteiger partial charge in [0, 0.05) is 28.5 Å². The Morgan fingerprint density at radius 2 is 1.85 bits per heavy atom. The largest absolute Gasteiger partial charge is 0.398 e. The molecule has 2 rings (SSSR count). The monoisotopic (exact) mass is 332 g/mol. The molecule has 0 saturated carbocycles. The van der Waals surface area contributed by atoms with E-state index in [1.54, 1.807) is 30.1 Å². The molecule has 4 heteroatoms. The van der Waals surface area contributed by atoms with Gasteiger partial charge in [0.25, 0.3) is 5.91 Å². The molecule has 0 aliphatic carbocycles. The molecule has 0 spiro atoms. The normalized spacial score (nSPS) is 10.4. The lowest BCUT2D eigenvalue weighted by atomic mass is 10.1. The summed E-state index contributed by atoms with van der Waals surface area (Å²) in [5, 5.41) is 0. The van der Waals surface area contributed by atoms with Crippen molar-refractivity contribution < 1.29 is 4.79 Å². The minimum atomic E-state index is -0.0577. The highest BCUT2D eigenvalue weighted by molar-refractivity contribution is 9.10. The number of amides is 1. The average Bonchev–Trinajstić information content (AvgIpc) is 2.40. The van der Waals surface area contributed by atoms with E-state index in [1.165, 1.54) is 5.56 Å². The molecule has 2 N–H and O–H groups in total. The van der Waals surface area contributed by atoms with E-state index in [1.807, 2.05) is 26.0 Å². The van der Waals surface area contributed by atoms with Crippen LogP contribution in [0.5, 0.6) is 0 Å². The molecule has 1 amide bonds. The summed E-state index contributed by atoms with van der Waals surface area (Å²) in [5.74, 6) is -0.0577. The minimum Gasteiger partial charge on any atom is -0.398 e. The van der Waals surface area contributed by atoms with E-state index in [-0.39, 0.29) is 5.91 Å². The third kappa shape index (κ3) is 2.85. The van der Waals surface area contributed by atoms with Crippen molar-refractivity contribution in [3.05, 3.63) is 57.6 Å². The van der Waals surface area contributed by atoms with Crippen LogP contribution in [-0.2, 0) is 0 Å². The van der Waals surface area contributed by atoms with Gasteiger partial charge >= 0.3 is 0 Å². The van der Waals surface area contributed by atoms with Gasteiger partial charge in [0.15, 0.2) is 0 Å². The number of nitrogens with two attached hydrogens (primary N) is 1. The Bertz CT molecular complexity index is 668. The van der Waals surface area contributed by atoms with Gasteiger partial charge in [0.1, 0.15) is 0 Å². The highest BCUT2D eigenvalue weighted by Crippen LogP contribution is 2.24. The molecule has 0 aromatic heterocycles. The van der Waals surface area contributed by atoms with E-state index < -0.39 is 0 Å². The maximum absolute atomic E-state index is 12.5. The molecule has 0 radical (unpaired) electrons. The van der Waals surface area contributed by atoms with E-state index in [0.717, 1.165) is 15.7 Å².